The van der Waals surface area contributed by atoms with E-state index in [9.17, 15) is 9.90 Å². The third-order valence-corrected chi connectivity index (χ3v) is 5.01. The summed E-state index contributed by atoms with van der Waals surface area (Å²) in [6.45, 7) is 1.69. The average Bonchev–Trinajstić information content (AvgIpc) is 2.49. The number of anilines is 1. The number of thiol groups is 1. The van der Waals surface area contributed by atoms with Crippen LogP contribution in [0.1, 0.15) is 37.7 Å². The number of hydrogen-bond acceptors (Lipinski definition) is 3. The van der Waals surface area contributed by atoms with E-state index in [2.05, 4.69) is 18.1 Å². The molecule has 116 valence electrons. The molecular formula is C14H18Cl2N2O2S. The summed E-state index contributed by atoms with van der Waals surface area (Å²) >= 11 is 16.2. The van der Waals surface area contributed by atoms with E-state index in [1.807, 2.05) is 0 Å². The summed E-state index contributed by atoms with van der Waals surface area (Å²) in [5.41, 5.74) is 0.737. The van der Waals surface area contributed by atoms with Gasteiger partial charge in [0.1, 0.15) is 5.69 Å². The quantitative estimate of drug-likeness (QED) is 0.678. The fraction of sp³-hybridized carbons (Fsp3) is 0.500. The average molecular weight is 349 g/mol. The zero-order valence-electron chi connectivity index (χ0n) is 11.7. The van der Waals surface area contributed by atoms with Crippen LogP contribution in [0.3, 0.4) is 0 Å². The first-order chi connectivity index (χ1) is 9.91. The fourth-order valence-electron chi connectivity index (χ4n) is 2.45. The molecule has 7 heteroatoms. The molecule has 0 heterocycles. The van der Waals surface area contributed by atoms with E-state index in [1.54, 1.807) is 6.92 Å². The van der Waals surface area contributed by atoms with Crippen LogP contribution >= 0.6 is 36.0 Å². The number of urea groups is 1. The summed E-state index contributed by atoms with van der Waals surface area (Å²) in [6.07, 6.45) is 5.38. The van der Waals surface area contributed by atoms with Crippen molar-refractivity contribution in [2.24, 2.45) is 0 Å². The van der Waals surface area contributed by atoms with Crippen molar-refractivity contribution in [3.63, 3.8) is 0 Å². The van der Waals surface area contributed by atoms with Crippen LogP contribution in [0.25, 0.3) is 0 Å². The number of rotatable bonds is 2. The van der Waals surface area contributed by atoms with Gasteiger partial charge in [-0.2, -0.15) is 0 Å². The van der Waals surface area contributed by atoms with Crippen LogP contribution in [0.4, 0.5) is 10.5 Å². The molecule has 0 unspecified atom stereocenters. The first-order valence-corrected chi connectivity index (χ1v) is 8.04. The normalized spacial score (nSPS) is 15.8. The van der Waals surface area contributed by atoms with E-state index in [4.69, 9.17) is 23.2 Å². The minimum Gasteiger partial charge on any atom is -0.504 e. The Bertz CT molecular complexity index is 548. The summed E-state index contributed by atoms with van der Waals surface area (Å²) in [4.78, 5) is 12.2. The van der Waals surface area contributed by atoms with Crippen molar-refractivity contribution in [3.05, 3.63) is 21.7 Å². The lowest BCUT2D eigenvalue weighted by atomic mass is 9.96. The van der Waals surface area contributed by atoms with Gasteiger partial charge in [-0.15, -0.1) is 0 Å². The maximum absolute atomic E-state index is 12.2. The summed E-state index contributed by atoms with van der Waals surface area (Å²) in [5, 5.41) is 13.5. The van der Waals surface area contributed by atoms with Crippen LogP contribution in [0.15, 0.2) is 6.07 Å². The van der Waals surface area contributed by atoms with Crippen molar-refractivity contribution < 1.29 is 9.90 Å². The van der Waals surface area contributed by atoms with Gasteiger partial charge in [-0.3, -0.25) is 0 Å². The van der Waals surface area contributed by atoms with Gasteiger partial charge in [-0.05, 0) is 31.4 Å². The van der Waals surface area contributed by atoms with Gasteiger partial charge in [0.25, 0.3) is 0 Å². The molecule has 4 nitrogen and oxygen atoms in total. The first kappa shape index (κ1) is 16.6. The Morgan fingerprint density at radius 1 is 1.38 bits per heavy atom. The van der Waals surface area contributed by atoms with Crippen molar-refractivity contribution in [2.75, 3.05) is 4.31 Å². The van der Waals surface area contributed by atoms with Crippen LogP contribution < -0.4 is 9.62 Å². The number of phenols is 1. The molecule has 1 aliphatic carbocycles. The molecule has 0 aromatic heterocycles. The van der Waals surface area contributed by atoms with Crippen LogP contribution in [0.2, 0.25) is 10.0 Å². The smallest absolute Gasteiger partial charge is 0.332 e. The molecule has 0 saturated heterocycles. The van der Waals surface area contributed by atoms with Gasteiger partial charge in [0.2, 0.25) is 0 Å². The van der Waals surface area contributed by atoms with Crippen molar-refractivity contribution in [2.45, 2.75) is 45.1 Å². The number of aromatic hydroxyl groups is 1. The molecule has 0 aliphatic heterocycles. The first-order valence-electron chi connectivity index (χ1n) is 6.89. The molecule has 0 spiro atoms. The summed E-state index contributed by atoms with van der Waals surface area (Å²) < 4.78 is 1.04. The lowest BCUT2D eigenvalue weighted by molar-refractivity contribution is 0.242. The van der Waals surface area contributed by atoms with Crippen molar-refractivity contribution in [1.82, 2.24) is 5.32 Å². The third-order valence-electron chi connectivity index (χ3n) is 3.75. The lowest BCUT2D eigenvalue weighted by Gasteiger charge is -2.26. The lowest BCUT2D eigenvalue weighted by Crippen LogP contribution is -2.42. The number of carbonyl (C=O) groups is 1. The zero-order chi connectivity index (χ0) is 15.6. The Labute approximate surface area is 140 Å². The summed E-state index contributed by atoms with van der Waals surface area (Å²) in [7, 11) is 0. The molecule has 0 bridgehead atoms. The number of phenolic OH excluding ortho intramolecular Hbond substituents is 1. The van der Waals surface area contributed by atoms with Crippen molar-refractivity contribution >= 4 is 47.7 Å². The topological polar surface area (TPSA) is 52.6 Å². The Kier molecular flexibility index (Phi) is 5.52. The zero-order valence-corrected chi connectivity index (χ0v) is 14.1. The highest BCUT2D eigenvalue weighted by atomic mass is 35.5. The van der Waals surface area contributed by atoms with Crippen molar-refractivity contribution in [1.29, 1.82) is 0 Å². The van der Waals surface area contributed by atoms with Crippen LogP contribution in [0, 0.1) is 6.92 Å². The highest BCUT2D eigenvalue weighted by Crippen LogP contribution is 2.41. The van der Waals surface area contributed by atoms with Crippen LogP contribution in [-0.2, 0) is 0 Å². The third kappa shape index (κ3) is 3.71. The van der Waals surface area contributed by atoms with E-state index < -0.39 is 6.03 Å². The number of nitrogens with zero attached hydrogens (tertiary/aromatic N) is 1. The Hall–Kier alpha value is -0.780. The second kappa shape index (κ2) is 6.99. The van der Waals surface area contributed by atoms with E-state index in [0.717, 1.165) is 30.0 Å². The highest BCUT2D eigenvalue weighted by molar-refractivity contribution is 7.82. The highest BCUT2D eigenvalue weighted by Gasteiger charge is 2.23. The number of amides is 2. The fourth-order valence-corrected chi connectivity index (χ4v) is 3.10. The molecule has 2 N–H and O–H groups in total. The van der Waals surface area contributed by atoms with Crippen LogP contribution in [-0.4, -0.2) is 17.2 Å². The van der Waals surface area contributed by atoms with Gasteiger partial charge in [0.05, 0.1) is 5.02 Å². The molecule has 1 fully saturated rings. The molecule has 1 aromatic carbocycles. The summed E-state index contributed by atoms with van der Waals surface area (Å²) in [5.74, 6) is -0.202. The second-order valence-electron chi connectivity index (χ2n) is 5.26. The number of hydrogen-bond donors (Lipinski definition) is 3. The van der Waals surface area contributed by atoms with E-state index in [-0.39, 0.29) is 22.5 Å². The standard InChI is InChI=1S/C14H18Cl2N2O2S/c1-8-10(15)7-11(13(19)12(8)16)18(21)14(20)17-9-5-3-2-4-6-9/h7,9,19,21H,2-6H2,1H3,(H,17,20). The molecule has 1 aromatic rings. The van der Waals surface area contributed by atoms with Crippen LogP contribution in [0.5, 0.6) is 5.75 Å². The Morgan fingerprint density at radius 3 is 2.62 bits per heavy atom. The molecule has 2 amide bonds. The Balaban J connectivity index is 2.15. The minimum absolute atomic E-state index is 0.127. The maximum atomic E-state index is 12.2. The SMILES string of the molecule is Cc1c(Cl)cc(N(S)C(=O)NC2CCCCC2)c(O)c1Cl. The molecule has 0 radical (unpaired) electrons. The molecule has 1 saturated carbocycles. The monoisotopic (exact) mass is 348 g/mol. The number of halogens is 2. The molecule has 0 atom stereocenters. The van der Waals surface area contributed by atoms with Gasteiger partial charge < -0.3 is 10.4 Å². The second-order valence-corrected chi connectivity index (χ2v) is 6.45. The predicted molar refractivity (Wildman–Crippen MR) is 89.7 cm³/mol. The largest absolute Gasteiger partial charge is 0.504 e. The van der Waals surface area contributed by atoms with E-state index in [1.165, 1.54) is 12.5 Å². The Morgan fingerprint density at radius 2 is 2.00 bits per heavy atom. The van der Waals surface area contributed by atoms with Gasteiger partial charge in [0, 0.05) is 11.1 Å². The maximum Gasteiger partial charge on any atom is 0.332 e. The number of carbonyl (C=O) groups excluding carboxylic acids is 1. The van der Waals surface area contributed by atoms with Crippen molar-refractivity contribution in [3.8, 4) is 5.75 Å². The van der Waals surface area contributed by atoms with E-state index >= 15 is 0 Å². The van der Waals surface area contributed by atoms with Gasteiger partial charge in [-0.1, -0.05) is 55.3 Å². The molecule has 2 rings (SSSR count). The molecule has 21 heavy (non-hydrogen) atoms. The predicted octanol–water partition coefficient (Wildman–Crippen LogP) is 4.70. The van der Waals surface area contributed by atoms with Gasteiger partial charge >= 0.3 is 6.03 Å². The molecule has 1 aliphatic rings. The van der Waals surface area contributed by atoms with E-state index in [0.29, 0.717) is 10.6 Å². The molecular weight excluding hydrogens is 331 g/mol. The van der Waals surface area contributed by atoms with Gasteiger partial charge in [0.15, 0.2) is 5.75 Å². The minimum atomic E-state index is -0.392. The number of benzene rings is 1. The summed E-state index contributed by atoms with van der Waals surface area (Å²) in [6, 6.07) is 1.24. The number of nitrogens with one attached hydrogen (secondary N) is 1. The van der Waals surface area contributed by atoms with Gasteiger partial charge in [-0.25, -0.2) is 9.10 Å².